The number of aryl methyl sites for hydroxylation is 1. The zero-order chi connectivity index (χ0) is 16.6. The summed E-state index contributed by atoms with van der Waals surface area (Å²) < 4.78 is 5.23. The monoisotopic (exact) mass is 354 g/mol. The number of halogens is 2. The highest BCUT2D eigenvalue weighted by Crippen LogP contribution is 2.37. The molecule has 2 aromatic rings. The summed E-state index contributed by atoms with van der Waals surface area (Å²) >= 11 is 12.5. The van der Waals surface area contributed by atoms with Crippen molar-refractivity contribution in [1.82, 2.24) is 10.1 Å². The summed E-state index contributed by atoms with van der Waals surface area (Å²) in [5, 5.41) is 14.4. The molecule has 1 aromatic heterocycles. The zero-order valence-electron chi connectivity index (χ0n) is 12.6. The van der Waals surface area contributed by atoms with E-state index in [4.69, 9.17) is 27.7 Å². The quantitative estimate of drug-likeness (QED) is 0.895. The molecule has 7 heteroatoms. The van der Waals surface area contributed by atoms with Gasteiger partial charge < -0.3 is 14.5 Å². The number of aliphatic hydroxyl groups is 1. The average molecular weight is 355 g/mol. The Morgan fingerprint density at radius 1 is 1.30 bits per heavy atom. The number of aromatic nitrogens is 1. The van der Waals surface area contributed by atoms with Crippen molar-refractivity contribution in [2.24, 2.45) is 0 Å². The molecule has 23 heavy (non-hydrogen) atoms. The van der Waals surface area contributed by atoms with Crippen LogP contribution < -0.4 is 0 Å². The molecule has 0 aliphatic carbocycles. The molecule has 1 saturated heterocycles. The first-order chi connectivity index (χ1) is 11.0. The van der Waals surface area contributed by atoms with Crippen molar-refractivity contribution in [1.29, 1.82) is 0 Å². The Morgan fingerprint density at radius 3 is 2.52 bits per heavy atom. The smallest absolute Gasteiger partial charge is 0.259 e. The van der Waals surface area contributed by atoms with Gasteiger partial charge in [-0.2, -0.15) is 0 Å². The van der Waals surface area contributed by atoms with Gasteiger partial charge in [-0.25, -0.2) is 0 Å². The number of carbonyl (C=O) groups is 1. The lowest BCUT2D eigenvalue weighted by Crippen LogP contribution is -2.40. The number of hydrogen-bond acceptors (Lipinski definition) is 4. The molecule has 122 valence electrons. The second-order valence-corrected chi connectivity index (χ2v) is 6.40. The molecule has 0 radical (unpaired) electrons. The Morgan fingerprint density at radius 2 is 1.91 bits per heavy atom. The van der Waals surface area contributed by atoms with E-state index in [9.17, 15) is 9.90 Å². The SMILES string of the molecule is Cc1onc(-c2c(Cl)cccc2Cl)c1C(=O)N1CCC(O)CC1. The molecular weight excluding hydrogens is 339 g/mol. The Labute approximate surface area is 143 Å². The first kappa shape index (κ1) is 16.3. The second-order valence-electron chi connectivity index (χ2n) is 5.58. The molecule has 1 N–H and O–H groups in total. The van der Waals surface area contributed by atoms with E-state index in [1.165, 1.54) is 0 Å². The fourth-order valence-corrected chi connectivity index (χ4v) is 3.32. The Bertz CT molecular complexity index is 717. The molecule has 1 aliphatic heterocycles. The van der Waals surface area contributed by atoms with Gasteiger partial charge in [0.1, 0.15) is 17.0 Å². The number of aliphatic hydroxyl groups excluding tert-OH is 1. The Kier molecular flexibility index (Phi) is 4.62. The third-order valence-corrected chi connectivity index (χ3v) is 4.66. The minimum atomic E-state index is -0.347. The fourth-order valence-electron chi connectivity index (χ4n) is 2.75. The highest BCUT2D eigenvalue weighted by atomic mass is 35.5. The molecular formula is C16H16Cl2N2O3. The fraction of sp³-hybridized carbons (Fsp3) is 0.375. The molecule has 0 spiro atoms. The summed E-state index contributed by atoms with van der Waals surface area (Å²) in [6.45, 7) is 2.69. The van der Waals surface area contributed by atoms with Crippen LogP contribution in [0, 0.1) is 6.92 Å². The van der Waals surface area contributed by atoms with Crippen LogP contribution in [0.1, 0.15) is 29.0 Å². The van der Waals surface area contributed by atoms with Gasteiger partial charge in [0.25, 0.3) is 5.91 Å². The number of hydrogen-bond donors (Lipinski definition) is 1. The van der Waals surface area contributed by atoms with Crippen LogP contribution in [0.25, 0.3) is 11.3 Å². The Hall–Kier alpha value is -1.56. The maximum atomic E-state index is 12.9. The number of benzene rings is 1. The van der Waals surface area contributed by atoms with E-state index in [-0.39, 0.29) is 12.0 Å². The lowest BCUT2D eigenvalue weighted by Gasteiger charge is -2.29. The molecule has 1 aliphatic rings. The lowest BCUT2D eigenvalue weighted by atomic mass is 10.0. The van der Waals surface area contributed by atoms with Crippen molar-refractivity contribution in [2.45, 2.75) is 25.9 Å². The number of amides is 1. The molecule has 2 heterocycles. The number of likely N-dealkylation sites (tertiary alicyclic amines) is 1. The number of carbonyl (C=O) groups excluding carboxylic acids is 1. The van der Waals surface area contributed by atoms with Gasteiger partial charge >= 0.3 is 0 Å². The third-order valence-electron chi connectivity index (χ3n) is 4.03. The minimum Gasteiger partial charge on any atom is -0.393 e. The zero-order valence-corrected chi connectivity index (χ0v) is 14.1. The molecule has 1 aromatic carbocycles. The first-order valence-electron chi connectivity index (χ1n) is 7.37. The van der Waals surface area contributed by atoms with Crippen LogP contribution in [-0.4, -0.2) is 40.3 Å². The lowest BCUT2D eigenvalue weighted by molar-refractivity contribution is 0.0546. The van der Waals surface area contributed by atoms with Crippen LogP contribution in [-0.2, 0) is 0 Å². The number of nitrogens with zero attached hydrogens (tertiary/aromatic N) is 2. The average Bonchev–Trinajstić information content (AvgIpc) is 2.89. The largest absolute Gasteiger partial charge is 0.393 e. The minimum absolute atomic E-state index is 0.179. The van der Waals surface area contributed by atoms with Crippen molar-refractivity contribution in [2.75, 3.05) is 13.1 Å². The van der Waals surface area contributed by atoms with E-state index in [0.717, 1.165) is 0 Å². The summed E-state index contributed by atoms with van der Waals surface area (Å²) in [5.74, 6) is 0.244. The predicted octanol–water partition coefficient (Wildman–Crippen LogP) is 3.55. The van der Waals surface area contributed by atoms with Gasteiger partial charge in [0.2, 0.25) is 0 Å². The molecule has 0 saturated carbocycles. The van der Waals surface area contributed by atoms with E-state index in [1.807, 2.05) is 0 Å². The normalized spacial score (nSPS) is 15.9. The van der Waals surface area contributed by atoms with E-state index in [2.05, 4.69) is 5.16 Å². The van der Waals surface area contributed by atoms with E-state index >= 15 is 0 Å². The van der Waals surface area contributed by atoms with Crippen molar-refractivity contribution < 1.29 is 14.4 Å². The van der Waals surface area contributed by atoms with Gasteiger partial charge in [-0.1, -0.05) is 34.4 Å². The van der Waals surface area contributed by atoms with Crippen LogP contribution in [0.2, 0.25) is 10.0 Å². The van der Waals surface area contributed by atoms with Gasteiger partial charge in [-0.15, -0.1) is 0 Å². The molecule has 0 unspecified atom stereocenters. The van der Waals surface area contributed by atoms with E-state index < -0.39 is 0 Å². The highest BCUT2D eigenvalue weighted by molar-refractivity contribution is 6.39. The molecule has 1 amide bonds. The van der Waals surface area contributed by atoms with E-state index in [1.54, 1.807) is 30.0 Å². The summed E-state index contributed by atoms with van der Waals surface area (Å²) in [6.07, 6.45) is 0.788. The molecule has 0 bridgehead atoms. The highest BCUT2D eigenvalue weighted by Gasteiger charge is 2.30. The number of piperidine rings is 1. The van der Waals surface area contributed by atoms with E-state index in [0.29, 0.717) is 58.6 Å². The summed E-state index contributed by atoms with van der Waals surface area (Å²) in [4.78, 5) is 14.6. The second kappa shape index (κ2) is 6.51. The first-order valence-corrected chi connectivity index (χ1v) is 8.12. The van der Waals surface area contributed by atoms with Gasteiger partial charge in [-0.05, 0) is 31.9 Å². The standard InChI is InChI=1S/C16H16Cl2N2O3/c1-9-13(16(22)20-7-5-10(21)6-8-20)15(19-23-9)14-11(17)3-2-4-12(14)18/h2-4,10,21H,5-8H2,1H3. The molecule has 1 fully saturated rings. The van der Waals surface area contributed by atoms with Crippen LogP contribution in [0.5, 0.6) is 0 Å². The Balaban J connectivity index is 2.01. The maximum absolute atomic E-state index is 12.9. The van der Waals surface area contributed by atoms with Crippen molar-refractivity contribution >= 4 is 29.1 Å². The van der Waals surface area contributed by atoms with Crippen molar-refractivity contribution in [3.05, 3.63) is 39.6 Å². The van der Waals surface area contributed by atoms with Crippen LogP contribution in [0.15, 0.2) is 22.7 Å². The predicted molar refractivity (Wildman–Crippen MR) is 87.8 cm³/mol. The summed E-state index contributed by atoms with van der Waals surface area (Å²) in [7, 11) is 0. The molecule has 5 nitrogen and oxygen atoms in total. The van der Waals surface area contributed by atoms with Crippen LogP contribution in [0.3, 0.4) is 0 Å². The molecule has 0 atom stereocenters. The van der Waals surface area contributed by atoms with Crippen molar-refractivity contribution in [3.63, 3.8) is 0 Å². The number of rotatable bonds is 2. The van der Waals surface area contributed by atoms with Gasteiger partial charge in [0.05, 0.1) is 16.1 Å². The van der Waals surface area contributed by atoms with Crippen LogP contribution in [0.4, 0.5) is 0 Å². The summed E-state index contributed by atoms with van der Waals surface area (Å²) in [6, 6.07) is 5.12. The summed E-state index contributed by atoms with van der Waals surface area (Å²) in [5.41, 5.74) is 1.22. The van der Waals surface area contributed by atoms with Gasteiger partial charge in [0.15, 0.2) is 0 Å². The topological polar surface area (TPSA) is 66.6 Å². The maximum Gasteiger partial charge on any atom is 0.259 e. The van der Waals surface area contributed by atoms with Crippen LogP contribution >= 0.6 is 23.2 Å². The third kappa shape index (κ3) is 3.09. The van der Waals surface area contributed by atoms with Gasteiger partial charge in [-0.3, -0.25) is 4.79 Å². The molecule has 3 rings (SSSR count). The van der Waals surface area contributed by atoms with Crippen molar-refractivity contribution in [3.8, 4) is 11.3 Å². The van der Waals surface area contributed by atoms with Gasteiger partial charge in [0, 0.05) is 18.7 Å².